The van der Waals surface area contributed by atoms with E-state index in [1.54, 1.807) is 12.1 Å². The average Bonchev–Trinajstić information content (AvgIpc) is 2.47. The monoisotopic (exact) mass is 283 g/mol. The zero-order valence-corrected chi connectivity index (χ0v) is 11.3. The molecule has 0 bridgehead atoms. The molecular weight excluding hydrogens is 269 g/mol. The van der Waals surface area contributed by atoms with Crippen LogP contribution in [0.25, 0.3) is 0 Å². The molecule has 0 aromatic heterocycles. The number of hydrogen-bond donors (Lipinski definition) is 2. The van der Waals surface area contributed by atoms with Crippen LogP contribution in [0.3, 0.4) is 0 Å². The van der Waals surface area contributed by atoms with Crippen LogP contribution in [0, 0.1) is 17.1 Å². The van der Waals surface area contributed by atoms with Crippen molar-refractivity contribution in [1.82, 2.24) is 0 Å². The van der Waals surface area contributed by atoms with E-state index < -0.39 is 5.82 Å². The molecule has 0 atom stereocenters. The fraction of sp³-hybridized carbons (Fsp3) is 0.125. The van der Waals surface area contributed by atoms with Gasteiger partial charge in [-0.1, -0.05) is 12.1 Å². The highest BCUT2D eigenvalue weighted by molar-refractivity contribution is 5.91. The molecule has 5 heteroatoms. The van der Waals surface area contributed by atoms with Crippen LogP contribution < -0.4 is 11.1 Å². The molecule has 0 heterocycles. The summed E-state index contributed by atoms with van der Waals surface area (Å²) in [6.07, 6.45) is 0.839. The number of rotatable bonds is 4. The maximum atomic E-state index is 13.2. The molecule has 0 radical (unpaired) electrons. The first-order chi connectivity index (χ1) is 10.1. The Labute approximate surface area is 122 Å². The lowest BCUT2D eigenvalue weighted by molar-refractivity contribution is -0.116. The zero-order chi connectivity index (χ0) is 15.2. The number of benzene rings is 2. The summed E-state index contributed by atoms with van der Waals surface area (Å²) in [5.74, 6) is -0.803. The summed E-state index contributed by atoms with van der Waals surface area (Å²) in [6, 6.07) is 13.0. The van der Waals surface area contributed by atoms with Gasteiger partial charge in [0.25, 0.3) is 0 Å². The topological polar surface area (TPSA) is 78.9 Å². The number of hydrogen-bond acceptors (Lipinski definition) is 3. The Balaban J connectivity index is 1.95. The van der Waals surface area contributed by atoms with Crippen LogP contribution in [0.4, 0.5) is 15.8 Å². The number of nitrogens with zero attached hydrogens (tertiary/aromatic N) is 1. The van der Waals surface area contributed by atoms with Gasteiger partial charge < -0.3 is 11.1 Å². The number of anilines is 2. The number of nitrogen functional groups attached to an aromatic ring is 1. The van der Waals surface area contributed by atoms with Gasteiger partial charge in [0.15, 0.2) is 0 Å². The highest BCUT2D eigenvalue weighted by Crippen LogP contribution is 2.15. The first-order valence-corrected chi connectivity index (χ1v) is 6.42. The smallest absolute Gasteiger partial charge is 0.224 e. The van der Waals surface area contributed by atoms with E-state index in [4.69, 9.17) is 11.0 Å². The quantitative estimate of drug-likeness (QED) is 0.847. The number of nitriles is 1. The molecule has 2 aromatic carbocycles. The van der Waals surface area contributed by atoms with Crippen molar-refractivity contribution in [3.05, 3.63) is 59.4 Å². The van der Waals surface area contributed by atoms with Crippen molar-refractivity contribution in [1.29, 1.82) is 5.26 Å². The molecule has 0 saturated carbocycles. The van der Waals surface area contributed by atoms with Crippen molar-refractivity contribution in [3.63, 3.8) is 0 Å². The van der Waals surface area contributed by atoms with Crippen LogP contribution in [0.15, 0.2) is 42.5 Å². The third-order valence-electron chi connectivity index (χ3n) is 2.96. The maximum absolute atomic E-state index is 13.2. The molecule has 0 aliphatic carbocycles. The number of nitrogens with one attached hydrogen (secondary N) is 1. The van der Waals surface area contributed by atoms with E-state index in [0.29, 0.717) is 17.8 Å². The number of nitrogens with two attached hydrogens (primary N) is 1. The number of aryl methyl sites for hydroxylation is 1. The predicted octanol–water partition coefficient (Wildman–Crippen LogP) is 2.85. The number of carbonyl (C=O) groups is 1. The minimum atomic E-state index is -0.602. The van der Waals surface area contributed by atoms with E-state index in [-0.39, 0.29) is 17.9 Å². The summed E-state index contributed by atoms with van der Waals surface area (Å²) in [7, 11) is 0. The van der Waals surface area contributed by atoms with E-state index in [9.17, 15) is 9.18 Å². The van der Waals surface area contributed by atoms with Crippen molar-refractivity contribution in [3.8, 4) is 6.07 Å². The predicted molar refractivity (Wildman–Crippen MR) is 78.9 cm³/mol. The van der Waals surface area contributed by atoms with Crippen LogP contribution >= 0.6 is 0 Å². The average molecular weight is 283 g/mol. The third-order valence-corrected chi connectivity index (χ3v) is 2.96. The Morgan fingerprint density at radius 3 is 2.81 bits per heavy atom. The van der Waals surface area contributed by atoms with Gasteiger partial charge in [0.05, 0.1) is 5.56 Å². The highest BCUT2D eigenvalue weighted by atomic mass is 19.1. The third kappa shape index (κ3) is 4.05. The maximum Gasteiger partial charge on any atom is 0.224 e. The van der Waals surface area contributed by atoms with Gasteiger partial charge in [-0.2, -0.15) is 5.26 Å². The second-order valence-corrected chi connectivity index (χ2v) is 4.60. The molecule has 0 aliphatic heterocycles. The van der Waals surface area contributed by atoms with Crippen molar-refractivity contribution in [2.75, 3.05) is 11.1 Å². The van der Waals surface area contributed by atoms with Crippen molar-refractivity contribution in [2.24, 2.45) is 0 Å². The van der Waals surface area contributed by atoms with Gasteiger partial charge in [-0.15, -0.1) is 0 Å². The highest BCUT2D eigenvalue weighted by Gasteiger charge is 2.06. The molecule has 0 spiro atoms. The molecule has 0 aliphatic rings. The lowest BCUT2D eigenvalue weighted by Crippen LogP contribution is -2.12. The van der Waals surface area contributed by atoms with Gasteiger partial charge in [-0.05, 0) is 42.3 Å². The van der Waals surface area contributed by atoms with Crippen LogP contribution in [0.5, 0.6) is 0 Å². The minimum absolute atomic E-state index is 0.0939. The number of amides is 1. The fourth-order valence-electron chi connectivity index (χ4n) is 1.92. The molecule has 21 heavy (non-hydrogen) atoms. The van der Waals surface area contributed by atoms with E-state index in [1.807, 2.05) is 18.2 Å². The lowest BCUT2D eigenvalue weighted by Gasteiger charge is -2.06. The van der Waals surface area contributed by atoms with Gasteiger partial charge in [0.1, 0.15) is 11.9 Å². The summed E-state index contributed by atoms with van der Waals surface area (Å²) >= 11 is 0. The molecule has 4 nitrogen and oxygen atoms in total. The molecule has 0 saturated heterocycles. The Hall–Kier alpha value is -2.87. The molecular formula is C16H14FN3O. The second-order valence-electron chi connectivity index (χ2n) is 4.60. The van der Waals surface area contributed by atoms with Gasteiger partial charge in [-0.3, -0.25) is 4.79 Å². The Morgan fingerprint density at radius 2 is 2.10 bits per heavy atom. The van der Waals surface area contributed by atoms with Crippen molar-refractivity contribution < 1.29 is 9.18 Å². The van der Waals surface area contributed by atoms with Crippen molar-refractivity contribution in [2.45, 2.75) is 12.8 Å². The molecule has 2 rings (SSSR count). The molecule has 2 aromatic rings. The van der Waals surface area contributed by atoms with E-state index in [2.05, 4.69) is 5.32 Å². The molecule has 0 unspecified atom stereocenters. The van der Waals surface area contributed by atoms with Gasteiger partial charge in [0.2, 0.25) is 5.91 Å². The van der Waals surface area contributed by atoms with E-state index in [0.717, 1.165) is 11.6 Å². The molecule has 106 valence electrons. The SMILES string of the molecule is N#Cc1cc(NC(=O)CCc2cccc(N)c2)ccc1F. The normalized spacial score (nSPS) is 9.90. The molecule has 0 fully saturated rings. The van der Waals surface area contributed by atoms with Gasteiger partial charge in [0, 0.05) is 17.8 Å². The van der Waals surface area contributed by atoms with Gasteiger partial charge >= 0.3 is 0 Å². The summed E-state index contributed by atoms with van der Waals surface area (Å²) in [6.45, 7) is 0. The minimum Gasteiger partial charge on any atom is -0.399 e. The summed E-state index contributed by atoms with van der Waals surface area (Å²) in [4.78, 5) is 11.8. The van der Waals surface area contributed by atoms with Crippen LogP contribution in [0.2, 0.25) is 0 Å². The summed E-state index contributed by atoms with van der Waals surface area (Å²) < 4.78 is 13.2. The van der Waals surface area contributed by atoms with Crippen molar-refractivity contribution >= 4 is 17.3 Å². The van der Waals surface area contributed by atoms with Crippen LogP contribution in [-0.2, 0) is 11.2 Å². The second kappa shape index (κ2) is 6.53. The molecule has 1 amide bonds. The van der Waals surface area contributed by atoms with E-state index >= 15 is 0 Å². The first-order valence-electron chi connectivity index (χ1n) is 6.42. The summed E-state index contributed by atoms with van der Waals surface area (Å²) in [5, 5.41) is 11.4. The van der Waals surface area contributed by atoms with E-state index in [1.165, 1.54) is 12.1 Å². The van der Waals surface area contributed by atoms with Gasteiger partial charge in [-0.25, -0.2) is 4.39 Å². The largest absolute Gasteiger partial charge is 0.399 e. The van der Waals surface area contributed by atoms with Crippen LogP contribution in [-0.4, -0.2) is 5.91 Å². The zero-order valence-electron chi connectivity index (χ0n) is 11.3. The summed E-state index contributed by atoms with van der Waals surface area (Å²) in [5.41, 5.74) is 7.61. The lowest BCUT2D eigenvalue weighted by atomic mass is 10.1. The fourth-order valence-corrected chi connectivity index (χ4v) is 1.92. The number of carbonyl (C=O) groups excluding carboxylic acids is 1. The van der Waals surface area contributed by atoms with Crippen LogP contribution in [0.1, 0.15) is 17.5 Å². The standard InChI is InChI=1S/C16H14FN3O/c17-15-6-5-14(9-12(15)10-18)20-16(21)7-4-11-2-1-3-13(19)8-11/h1-3,5-6,8-9H,4,7,19H2,(H,20,21). The Kier molecular flexibility index (Phi) is 4.52. The Bertz CT molecular complexity index is 707. The molecule has 3 N–H and O–H groups in total. The number of halogens is 1. The first kappa shape index (κ1) is 14.5. The Morgan fingerprint density at radius 1 is 1.29 bits per heavy atom.